The van der Waals surface area contributed by atoms with E-state index in [9.17, 15) is 35.4 Å². The van der Waals surface area contributed by atoms with E-state index < -0.39 is 90.9 Å². The van der Waals surface area contributed by atoms with E-state index in [1.807, 2.05) is 65.8 Å². The molecule has 18 atom stereocenters. The molecule has 0 bridgehead atoms. The van der Waals surface area contributed by atoms with Gasteiger partial charge in [0.25, 0.3) is 0 Å². The number of hydrogen-bond acceptors (Lipinski definition) is 13. The van der Waals surface area contributed by atoms with Crippen molar-refractivity contribution in [2.24, 2.45) is 35.5 Å². The first kappa shape index (κ1) is 49.9. The Hall–Kier alpha value is -2.43. The molecule has 13 nitrogen and oxygen atoms in total. The quantitative estimate of drug-likeness (QED) is 0.129. The number of methoxy groups -OCH3 is 2. The molecule has 332 valence electrons. The summed E-state index contributed by atoms with van der Waals surface area (Å²) in [5, 5.41) is 67.8. The van der Waals surface area contributed by atoms with Crippen molar-refractivity contribution in [3.05, 3.63) is 59.4 Å². The molecule has 14 unspecified atom stereocenters. The first-order valence-electron chi connectivity index (χ1n) is 21.0. The number of aliphatic hydroxyl groups is 6. The van der Waals surface area contributed by atoms with Gasteiger partial charge in [-0.15, -0.1) is 0 Å². The Kier molecular flexibility index (Phi) is 19.3. The lowest BCUT2D eigenvalue weighted by Crippen LogP contribution is -2.59. The summed E-state index contributed by atoms with van der Waals surface area (Å²) in [6.45, 7) is 18.3. The average Bonchev–Trinajstić information content (AvgIpc) is 3.17. The first-order valence-corrected chi connectivity index (χ1v) is 21.0. The van der Waals surface area contributed by atoms with Gasteiger partial charge in [0.2, 0.25) is 5.76 Å². The van der Waals surface area contributed by atoms with Crippen LogP contribution in [0.5, 0.6) is 0 Å². The van der Waals surface area contributed by atoms with Crippen LogP contribution >= 0.6 is 0 Å². The third-order valence-electron chi connectivity index (χ3n) is 12.5. The Morgan fingerprint density at radius 1 is 1.03 bits per heavy atom. The minimum Gasteiger partial charge on any atom is -0.490 e. The van der Waals surface area contributed by atoms with Crippen molar-refractivity contribution in [1.29, 1.82) is 0 Å². The Bertz CT molecular complexity index is 1450. The van der Waals surface area contributed by atoms with Crippen molar-refractivity contribution in [3.63, 3.8) is 0 Å². The van der Waals surface area contributed by atoms with Crippen LogP contribution in [0, 0.1) is 35.5 Å². The lowest BCUT2D eigenvalue weighted by Gasteiger charge is -2.49. The molecule has 0 aliphatic carbocycles. The highest BCUT2D eigenvalue weighted by Crippen LogP contribution is 2.42. The highest BCUT2D eigenvalue weighted by atomic mass is 16.7. The molecule has 0 saturated carbocycles. The van der Waals surface area contributed by atoms with Gasteiger partial charge in [0, 0.05) is 49.5 Å². The molecule has 3 heterocycles. The smallest absolute Gasteiger partial charge is 0.373 e. The van der Waals surface area contributed by atoms with E-state index in [-0.39, 0.29) is 42.3 Å². The zero-order chi connectivity index (χ0) is 43.6. The lowest BCUT2D eigenvalue weighted by atomic mass is 9.77. The molecule has 0 aromatic rings. The van der Waals surface area contributed by atoms with Crippen LogP contribution in [0.1, 0.15) is 94.9 Å². The summed E-state index contributed by atoms with van der Waals surface area (Å²) in [5.74, 6) is -5.78. The van der Waals surface area contributed by atoms with Crippen LogP contribution in [0.2, 0.25) is 0 Å². The normalized spacial score (nSPS) is 43.9. The number of carbonyl (C=O) groups is 1. The zero-order valence-corrected chi connectivity index (χ0v) is 36.7. The van der Waals surface area contributed by atoms with Crippen LogP contribution in [0.3, 0.4) is 0 Å². The summed E-state index contributed by atoms with van der Waals surface area (Å²) in [6.07, 6.45) is 3.82. The molecule has 0 aromatic carbocycles. The third-order valence-corrected chi connectivity index (χ3v) is 12.5. The molecule has 3 aliphatic heterocycles. The molecule has 0 spiro atoms. The molecule has 2 fully saturated rings. The van der Waals surface area contributed by atoms with Crippen molar-refractivity contribution >= 4 is 5.97 Å². The second-order valence-corrected chi connectivity index (χ2v) is 17.1. The van der Waals surface area contributed by atoms with Gasteiger partial charge in [-0.3, -0.25) is 0 Å². The van der Waals surface area contributed by atoms with E-state index in [4.69, 9.17) is 28.4 Å². The van der Waals surface area contributed by atoms with Crippen molar-refractivity contribution in [2.45, 2.75) is 168 Å². The predicted molar refractivity (Wildman–Crippen MR) is 220 cm³/mol. The average molecular weight is 823 g/mol. The molecule has 13 heteroatoms. The number of allylic oxidation sites excluding steroid dienone is 6. The van der Waals surface area contributed by atoms with Crippen LogP contribution in [0.4, 0.5) is 0 Å². The lowest BCUT2D eigenvalue weighted by molar-refractivity contribution is -0.339. The monoisotopic (exact) mass is 823 g/mol. The highest BCUT2D eigenvalue weighted by molar-refractivity contribution is 5.87. The number of ether oxygens (including phenoxy) is 6. The fourth-order valence-electron chi connectivity index (χ4n) is 8.64. The van der Waals surface area contributed by atoms with Gasteiger partial charge in [0.1, 0.15) is 18.3 Å². The predicted octanol–water partition coefficient (Wildman–Crippen LogP) is 4.88. The number of aliphatic hydroxyl groups excluding tert-OH is 5. The molecule has 3 aliphatic rings. The zero-order valence-electron chi connectivity index (χ0n) is 36.7. The summed E-state index contributed by atoms with van der Waals surface area (Å²) < 4.78 is 36.1. The second-order valence-electron chi connectivity index (χ2n) is 17.1. The maximum Gasteiger partial charge on any atom is 0.373 e. The minimum atomic E-state index is -1.93. The van der Waals surface area contributed by atoms with Gasteiger partial charge in [0.15, 0.2) is 12.1 Å². The number of esters is 1. The summed E-state index contributed by atoms with van der Waals surface area (Å²) in [6, 6.07) is 0. The van der Waals surface area contributed by atoms with Crippen LogP contribution in [0.25, 0.3) is 0 Å². The van der Waals surface area contributed by atoms with Gasteiger partial charge in [0.05, 0.1) is 49.8 Å². The fourth-order valence-corrected chi connectivity index (χ4v) is 8.64. The van der Waals surface area contributed by atoms with Gasteiger partial charge in [-0.05, 0) is 52.5 Å². The molecule has 58 heavy (non-hydrogen) atoms. The maximum atomic E-state index is 13.9. The van der Waals surface area contributed by atoms with Gasteiger partial charge in [-0.25, -0.2) is 4.79 Å². The number of cyclic esters (lactones) is 1. The SMILES string of the molecule is C/C=C/C1OC(O)(C(C)C(O)C(C)C2OC(=O)/C(OC)=C\C(C)=C/C(C)C(O)C(CC)C(O)C(C)C/C(C)=C\C=C\C2OC)CC(O[C@@H]2C[C@@H](O)[C@H](O)[C@@H](C)O2)C1C. The van der Waals surface area contributed by atoms with Crippen LogP contribution < -0.4 is 0 Å². The van der Waals surface area contributed by atoms with Crippen molar-refractivity contribution < 1.29 is 63.9 Å². The van der Waals surface area contributed by atoms with Crippen LogP contribution in [-0.2, 0) is 33.2 Å². The Morgan fingerprint density at radius 2 is 1.71 bits per heavy atom. The van der Waals surface area contributed by atoms with E-state index in [0.717, 1.165) is 5.57 Å². The van der Waals surface area contributed by atoms with Gasteiger partial charge in [-0.1, -0.05) is 89.1 Å². The van der Waals surface area contributed by atoms with Crippen LogP contribution in [0.15, 0.2) is 59.4 Å². The van der Waals surface area contributed by atoms with Gasteiger partial charge < -0.3 is 59.1 Å². The summed E-state index contributed by atoms with van der Waals surface area (Å²) in [5.41, 5.74) is 1.61. The minimum absolute atomic E-state index is 0.0414. The van der Waals surface area contributed by atoms with E-state index in [1.165, 1.54) is 20.3 Å². The third kappa shape index (κ3) is 12.6. The number of rotatable bonds is 10. The maximum absolute atomic E-state index is 13.9. The van der Waals surface area contributed by atoms with Crippen molar-refractivity contribution in [1.82, 2.24) is 0 Å². The summed E-state index contributed by atoms with van der Waals surface area (Å²) in [4.78, 5) is 13.9. The van der Waals surface area contributed by atoms with Crippen molar-refractivity contribution in [3.8, 4) is 0 Å². The molecular weight excluding hydrogens is 748 g/mol. The van der Waals surface area contributed by atoms with Crippen LogP contribution in [-0.4, -0.2) is 124 Å². The standard InChI is InChI=1S/C45H74O13/c1-13-16-34-28(7)37(56-38-22-33(46)42(50)31(10)55-38)23-45(52,58-34)30(9)41(49)29(8)43-35(53-11)18-15-17-24(3)19-26(5)39(47)32(14-2)40(48)27(6)20-25(4)21-36(54-12)44(51)57-43/h13,15-18,20-21,26-35,37-43,46-50,52H,14,19,22-23H2,1-12H3/b16-13+,18-15+,24-17-,25-20-,36-21+/t26?,27?,28?,29?,30?,31-,32?,33-,34?,35?,37?,38-,39?,40?,41?,42-,43?,45?/m1/s1. The Balaban J connectivity index is 2.02. The van der Waals surface area contributed by atoms with E-state index in [2.05, 4.69) is 0 Å². The number of hydrogen-bond donors (Lipinski definition) is 6. The summed E-state index contributed by atoms with van der Waals surface area (Å²) in [7, 11) is 2.83. The van der Waals surface area contributed by atoms with E-state index in [1.54, 1.807) is 39.8 Å². The highest BCUT2D eigenvalue weighted by Gasteiger charge is 2.52. The topological polar surface area (TPSA) is 194 Å². The van der Waals surface area contributed by atoms with Crippen molar-refractivity contribution in [2.75, 3.05) is 14.2 Å². The van der Waals surface area contributed by atoms with E-state index in [0.29, 0.717) is 18.4 Å². The molecule has 2 saturated heterocycles. The first-order chi connectivity index (χ1) is 27.2. The van der Waals surface area contributed by atoms with Gasteiger partial charge in [-0.2, -0.15) is 0 Å². The Labute approximate surface area is 346 Å². The molecule has 6 N–H and O–H groups in total. The van der Waals surface area contributed by atoms with Gasteiger partial charge >= 0.3 is 5.97 Å². The Morgan fingerprint density at radius 3 is 2.29 bits per heavy atom. The second kappa shape index (κ2) is 22.4. The molecule has 0 amide bonds. The largest absolute Gasteiger partial charge is 0.490 e. The molecule has 0 aromatic heterocycles. The number of carbonyl (C=O) groups excluding carboxylic acids is 1. The molecule has 0 radical (unpaired) electrons. The summed E-state index contributed by atoms with van der Waals surface area (Å²) >= 11 is 0. The molecular formula is C45H74O13. The van der Waals surface area contributed by atoms with E-state index >= 15 is 0 Å². The molecule has 3 rings (SSSR count). The fraction of sp³-hybridized carbons (Fsp3) is 0.756.